The zero-order valence-electron chi connectivity index (χ0n) is 15.1. The predicted molar refractivity (Wildman–Crippen MR) is 120 cm³/mol. The van der Waals surface area contributed by atoms with Crippen LogP contribution in [0.25, 0.3) is 0 Å². The first kappa shape index (κ1) is 27.8. The molecule has 2 nitrogen and oxygen atoms in total. The van der Waals surface area contributed by atoms with Crippen LogP contribution in [0.3, 0.4) is 0 Å². The Bertz CT molecular complexity index is 785. The summed E-state index contributed by atoms with van der Waals surface area (Å²) in [5.74, 6) is 0.258. The minimum Gasteiger partial charge on any atom is -0.508 e. The van der Waals surface area contributed by atoms with Crippen molar-refractivity contribution in [3.63, 3.8) is 0 Å². The SMILES string of the molecule is Oc1ccc(Cl)c(Cl)c1.Oc1ccc(Cl)c(Cl)c1.[Zr+2].c1cc[cH-]c1.c1cc[cH-]c1. The van der Waals surface area contributed by atoms with E-state index in [-0.39, 0.29) is 37.7 Å². The number of rotatable bonds is 0. The molecule has 0 atom stereocenters. The van der Waals surface area contributed by atoms with Gasteiger partial charge in [-0.15, -0.1) is 0 Å². The first-order chi connectivity index (χ1) is 13.4. The summed E-state index contributed by atoms with van der Waals surface area (Å²) in [4.78, 5) is 0. The number of hydrogen-bond donors (Lipinski definition) is 2. The van der Waals surface area contributed by atoms with Gasteiger partial charge in [0.15, 0.2) is 0 Å². The summed E-state index contributed by atoms with van der Waals surface area (Å²) in [6, 6.07) is 28.8. The van der Waals surface area contributed by atoms with Crippen molar-refractivity contribution in [3.8, 4) is 11.5 Å². The number of hydrogen-bond acceptors (Lipinski definition) is 2. The van der Waals surface area contributed by atoms with Crippen LogP contribution < -0.4 is 0 Å². The molecule has 29 heavy (non-hydrogen) atoms. The van der Waals surface area contributed by atoms with Crippen molar-refractivity contribution in [2.24, 2.45) is 0 Å². The van der Waals surface area contributed by atoms with E-state index in [2.05, 4.69) is 0 Å². The molecule has 0 aliphatic heterocycles. The average Bonchev–Trinajstić information content (AvgIpc) is 3.41. The van der Waals surface area contributed by atoms with Gasteiger partial charge in [0.05, 0.1) is 20.1 Å². The molecule has 4 rings (SSSR count). The maximum Gasteiger partial charge on any atom is 2.00 e. The zero-order valence-corrected chi connectivity index (χ0v) is 20.6. The Kier molecular flexibility index (Phi) is 15.9. The van der Waals surface area contributed by atoms with E-state index in [0.29, 0.717) is 20.1 Å². The number of benzene rings is 2. The van der Waals surface area contributed by atoms with E-state index in [1.165, 1.54) is 24.3 Å². The third-order valence-corrected chi connectivity index (χ3v) is 4.40. The van der Waals surface area contributed by atoms with Crippen molar-refractivity contribution < 1.29 is 36.4 Å². The number of phenolic OH excluding ortho intramolecular Hbond substituents is 2. The van der Waals surface area contributed by atoms with Crippen LogP contribution in [0.2, 0.25) is 20.1 Å². The van der Waals surface area contributed by atoms with E-state index >= 15 is 0 Å². The van der Waals surface area contributed by atoms with E-state index in [4.69, 9.17) is 56.6 Å². The maximum atomic E-state index is 8.79. The van der Waals surface area contributed by atoms with E-state index in [1.807, 2.05) is 60.7 Å². The molecule has 0 radical (unpaired) electrons. The van der Waals surface area contributed by atoms with E-state index in [1.54, 1.807) is 12.1 Å². The summed E-state index contributed by atoms with van der Waals surface area (Å²) in [6.07, 6.45) is 0. The Balaban J connectivity index is 0.000000369. The van der Waals surface area contributed by atoms with Crippen molar-refractivity contribution in [1.82, 2.24) is 0 Å². The maximum absolute atomic E-state index is 8.79. The molecule has 0 aliphatic rings. The molecule has 0 aromatic heterocycles. The Hall–Kier alpha value is -1.22. The molecule has 0 heterocycles. The molecule has 0 bridgehead atoms. The van der Waals surface area contributed by atoms with E-state index in [9.17, 15) is 0 Å². The van der Waals surface area contributed by atoms with Crippen molar-refractivity contribution in [2.45, 2.75) is 0 Å². The summed E-state index contributed by atoms with van der Waals surface area (Å²) in [5.41, 5.74) is 0. The molecule has 7 heteroatoms. The summed E-state index contributed by atoms with van der Waals surface area (Å²) < 4.78 is 0. The van der Waals surface area contributed by atoms with Crippen LogP contribution in [-0.4, -0.2) is 10.2 Å². The second kappa shape index (κ2) is 16.6. The van der Waals surface area contributed by atoms with Crippen LogP contribution in [-0.2, 0) is 26.2 Å². The normalized spacial score (nSPS) is 8.69. The second-order valence-corrected chi connectivity index (χ2v) is 6.75. The third kappa shape index (κ3) is 13.6. The van der Waals surface area contributed by atoms with Gasteiger partial charge >= 0.3 is 26.2 Å². The van der Waals surface area contributed by atoms with Gasteiger partial charge in [-0.1, -0.05) is 46.4 Å². The van der Waals surface area contributed by atoms with Crippen molar-refractivity contribution in [1.29, 1.82) is 0 Å². The van der Waals surface area contributed by atoms with Crippen LogP contribution in [0, 0.1) is 0 Å². The number of halogens is 4. The van der Waals surface area contributed by atoms with Gasteiger partial charge in [-0.05, 0) is 36.4 Å². The first-order valence-electron chi connectivity index (χ1n) is 8.01. The van der Waals surface area contributed by atoms with Gasteiger partial charge in [-0.3, -0.25) is 0 Å². The molecule has 150 valence electrons. The van der Waals surface area contributed by atoms with Crippen LogP contribution in [0.15, 0.2) is 97.1 Å². The van der Waals surface area contributed by atoms with Gasteiger partial charge < -0.3 is 10.2 Å². The Morgan fingerprint density at radius 3 is 1.00 bits per heavy atom. The molecule has 4 aromatic rings. The second-order valence-electron chi connectivity index (χ2n) is 5.12. The fourth-order valence-electron chi connectivity index (χ4n) is 1.61. The van der Waals surface area contributed by atoms with Gasteiger partial charge in [0.1, 0.15) is 11.5 Å². The van der Waals surface area contributed by atoms with Gasteiger partial charge in [0, 0.05) is 0 Å². The summed E-state index contributed by atoms with van der Waals surface area (Å²) in [6.45, 7) is 0. The largest absolute Gasteiger partial charge is 2.00 e. The topological polar surface area (TPSA) is 40.5 Å². The Morgan fingerprint density at radius 2 is 0.828 bits per heavy atom. The van der Waals surface area contributed by atoms with Gasteiger partial charge in [-0.25, -0.2) is 24.3 Å². The van der Waals surface area contributed by atoms with Crippen molar-refractivity contribution in [2.75, 3.05) is 0 Å². The molecular formula is C22H18Cl4O2Zr. The number of phenols is 2. The van der Waals surface area contributed by atoms with Crippen molar-refractivity contribution >= 4 is 46.4 Å². The van der Waals surface area contributed by atoms with Crippen LogP contribution >= 0.6 is 46.4 Å². The average molecular weight is 547 g/mol. The standard InChI is InChI=1S/2C6H4Cl2O.2C5H5.Zr/c2*7-5-2-1-4(9)3-6(5)8;2*1-2-4-5-3-1;/h2*1-3,9H;2*1-5H;/q;;2*-1;+2. The third-order valence-electron chi connectivity index (χ3n) is 2.92. The van der Waals surface area contributed by atoms with Crippen molar-refractivity contribution in [3.05, 3.63) is 117 Å². The molecule has 0 saturated heterocycles. The fourth-order valence-corrected chi connectivity index (χ4v) is 2.20. The summed E-state index contributed by atoms with van der Waals surface area (Å²) in [5, 5.41) is 19.2. The molecule has 0 spiro atoms. The molecule has 0 saturated carbocycles. The Morgan fingerprint density at radius 1 is 0.517 bits per heavy atom. The molecule has 0 aliphatic carbocycles. The molecule has 2 N–H and O–H groups in total. The van der Waals surface area contributed by atoms with Gasteiger partial charge in [-0.2, -0.15) is 36.4 Å². The van der Waals surface area contributed by atoms with Gasteiger partial charge in [0.25, 0.3) is 0 Å². The summed E-state index contributed by atoms with van der Waals surface area (Å²) >= 11 is 22.1. The van der Waals surface area contributed by atoms with Crippen LogP contribution in [0.4, 0.5) is 0 Å². The molecular weight excluding hydrogens is 529 g/mol. The molecule has 0 unspecified atom stereocenters. The van der Waals surface area contributed by atoms with Crippen LogP contribution in [0.5, 0.6) is 11.5 Å². The first-order valence-corrected chi connectivity index (χ1v) is 9.52. The fraction of sp³-hybridized carbons (Fsp3) is 0. The predicted octanol–water partition coefficient (Wildman–Crippen LogP) is 8.21. The smallest absolute Gasteiger partial charge is 0.508 e. The van der Waals surface area contributed by atoms with E-state index in [0.717, 1.165) is 0 Å². The number of aromatic hydroxyl groups is 2. The molecule has 4 aromatic carbocycles. The zero-order chi connectivity index (χ0) is 20.8. The monoisotopic (exact) mass is 544 g/mol. The molecule has 0 fully saturated rings. The van der Waals surface area contributed by atoms with Crippen LogP contribution in [0.1, 0.15) is 0 Å². The van der Waals surface area contributed by atoms with E-state index < -0.39 is 0 Å². The van der Waals surface area contributed by atoms with Gasteiger partial charge in [0.2, 0.25) is 0 Å². The minimum absolute atomic E-state index is 0. The Labute approximate surface area is 210 Å². The minimum atomic E-state index is 0. The summed E-state index contributed by atoms with van der Waals surface area (Å²) in [7, 11) is 0. The quantitative estimate of drug-likeness (QED) is 0.218. The molecule has 0 amide bonds.